The highest BCUT2D eigenvalue weighted by molar-refractivity contribution is 5.82. The molecule has 0 aromatic carbocycles. The zero-order valence-electron chi connectivity index (χ0n) is 11.6. The van der Waals surface area contributed by atoms with Gasteiger partial charge in [0.25, 0.3) is 0 Å². The Morgan fingerprint density at radius 1 is 1.39 bits per heavy atom. The lowest BCUT2D eigenvalue weighted by Crippen LogP contribution is -2.48. The first-order chi connectivity index (χ1) is 8.74. The number of ether oxygens (including phenoxy) is 1. The van der Waals surface area contributed by atoms with E-state index in [0.717, 1.165) is 19.4 Å². The molecule has 2 fully saturated rings. The van der Waals surface area contributed by atoms with E-state index in [4.69, 9.17) is 4.74 Å². The Morgan fingerprint density at radius 3 is 2.83 bits per heavy atom. The predicted molar refractivity (Wildman–Crippen MR) is 71.4 cm³/mol. The number of nitrogens with one attached hydrogen (secondary N) is 2. The summed E-state index contributed by atoms with van der Waals surface area (Å²) in [6, 6.07) is 0.328. The molecule has 2 N–H and O–H groups in total. The van der Waals surface area contributed by atoms with Crippen LogP contribution in [0.2, 0.25) is 0 Å². The van der Waals surface area contributed by atoms with E-state index in [1.807, 2.05) is 0 Å². The smallest absolute Gasteiger partial charge is 0.237 e. The summed E-state index contributed by atoms with van der Waals surface area (Å²) < 4.78 is 5.28. The largest absolute Gasteiger partial charge is 0.380 e. The molecule has 1 amide bonds. The summed E-state index contributed by atoms with van der Waals surface area (Å²) in [4.78, 5) is 12.2. The van der Waals surface area contributed by atoms with E-state index >= 15 is 0 Å². The average molecular weight is 254 g/mol. The van der Waals surface area contributed by atoms with Crippen LogP contribution in [-0.4, -0.2) is 37.7 Å². The molecule has 2 rings (SSSR count). The number of carbonyl (C=O) groups excluding carboxylic acids is 1. The number of rotatable bonds is 4. The van der Waals surface area contributed by atoms with Gasteiger partial charge in [0.05, 0.1) is 12.1 Å². The number of carbonyl (C=O) groups is 1. The molecule has 0 aromatic rings. The van der Waals surface area contributed by atoms with Crippen LogP contribution in [0.15, 0.2) is 0 Å². The monoisotopic (exact) mass is 254 g/mol. The van der Waals surface area contributed by atoms with Gasteiger partial charge in [-0.25, -0.2) is 0 Å². The zero-order chi connectivity index (χ0) is 13.0. The summed E-state index contributed by atoms with van der Waals surface area (Å²) >= 11 is 0. The molecule has 4 nitrogen and oxygen atoms in total. The summed E-state index contributed by atoms with van der Waals surface area (Å²) in [6.07, 6.45) is 7.13. The Labute approximate surface area is 110 Å². The van der Waals surface area contributed by atoms with Gasteiger partial charge < -0.3 is 15.4 Å². The molecule has 1 aliphatic carbocycles. The summed E-state index contributed by atoms with van der Waals surface area (Å²) in [5, 5.41) is 6.49. The van der Waals surface area contributed by atoms with Gasteiger partial charge in [-0.2, -0.15) is 0 Å². The Hall–Kier alpha value is -0.610. The van der Waals surface area contributed by atoms with Crippen LogP contribution in [0.4, 0.5) is 0 Å². The van der Waals surface area contributed by atoms with Gasteiger partial charge in [-0.3, -0.25) is 4.79 Å². The molecule has 0 radical (unpaired) electrons. The Morgan fingerprint density at radius 2 is 2.17 bits per heavy atom. The summed E-state index contributed by atoms with van der Waals surface area (Å²) in [7, 11) is 1.71. The fourth-order valence-electron chi connectivity index (χ4n) is 3.25. The van der Waals surface area contributed by atoms with Gasteiger partial charge in [-0.15, -0.1) is 0 Å². The maximum atomic E-state index is 12.2. The minimum absolute atomic E-state index is 0.0608. The molecule has 0 spiro atoms. The molecule has 18 heavy (non-hydrogen) atoms. The van der Waals surface area contributed by atoms with Crippen LogP contribution >= 0.6 is 0 Å². The molecule has 0 bridgehead atoms. The van der Waals surface area contributed by atoms with Gasteiger partial charge in [-0.1, -0.05) is 26.2 Å². The third-order valence-corrected chi connectivity index (χ3v) is 4.50. The molecule has 0 aromatic heterocycles. The second-order valence-corrected chi connectivity index (χ2v) is 5.62. The fraction of sp³-hybridized carbons (Fsp3) is 0.929. The molecule has 4 atom stereocenters. The third-order valence-electron chi connectivity index (χ3n) is 4.50. The lowest BCUT2D eigenvalue weighted by molar-refractivity contribution is -0.124. The van der Waals surface area contributed by atoms with Crippen LogP contribution in [0.3, 0.4) is 0 Å². The van der Waals surface area contributed by atoms with Crippen molar-refractivity contribution in [3.63, 3.8) is 0 Å². The lowest BCUT2D eigenvalue weighted by atomic mass is 9.83. The molecule has 2 aliphatic rings. The van der Waals surface area contributed by atoms with Crippen molar-refractivity contribution in [1.29, 1.82) is 0 Å². The second-order valence-electron chi connectivity index (χ2n) is 5.62. The Balaban J connectivity index is 1.83. The van der Waals surface area contributed by atoms with Crippen molar-refractivity contribution >= 4 is 5.91 Å². The molecule has 1 heterocycles. The van der Waals surface area contributed by atoms with Gasteiger partial charge in [0.15, 0.2) is 0 Å². The minimum Gasteiger partial charge on any atom is -0.380 e. The summed E-state index contributed by atoms with van der Waals surface area (Å²) in [5.41, 5.74) is 0. The first-order valence-corrected chi connectivity index (χ1v) is 7.31. The fourth-order valence-corrected chi connectivity index (χ4v) is 3.25. The first-order valence-electron chi connectivity index (χ1n) is 7.31. The number of hydrogen-bond donors (Lipinski definition) is 2. The Bertz CT molecular complexity index is 283. The van der Waals surface area contributed by atoms with Gasteiger partial charge in [0, 0.05) is 19.7 Å². The van der Waals surface area contributed by atoms with Crippen LogP contribution in [0, 0.1) is 5.92 Å². The van der Waals surface area contributed by atoms with Crippen molar-refractivity contribution < 1.29 is 9.53 Å². The van der Waals surface area contributed by atoms with Crippen LogP contribution in [0.1, 0.15) is 45.4 Å². The van der Waals surface area contributed by atoms with Crippen molar-refractivity contribution in [3.05, 3.63) is 0 Å². The van der Waals surface area contributed by atoms with Crippen LogP contribution in [0.25, 0.3) is 0 Å². The van der Waals surface area contributed by atoms with Crippen molar-refractivity contribution in [2.45, 2.75) is 63.6 Å². The van der Waals surface area contributed by atoms with E-state index in [1.165, 1.54) is 25.7 Å². The highest BCUT2D eigenvalue weighted by atomic mass is 16.5. The average Bonchev–Trinajstić information content (AvgIpc) is 2.88. The van der Waals surface area contributed by atoms with E-state index in [0.29, 0.717) is 12.0 Å². The maximum absolute atomic E-state index is 12.2. The van der Waals surface area contributed by atoms with Gasteiger partial charge in [-0.05, 0) is 25.2 Å². The number of hydrogen-bond acceptors (Lipinski definition) is 3. The van der Waals surface area contributed by atoms with Crippen LogP contribution in [-0.2, 0) is 9.53 Å². The van der Waals surface area contributed by atoms with Crippen LogP contribution < -0.4 is 10.6 Å². The van der Waals surface area contributed by atoms with E-state index in [9.17, 15) is 4.79 Å². The number of methoxy groups -OCH3 is 1. The molecule has 4 unspecified atom stereocenters. The summed E-state index contributed by atoms with van der Waals surface area (Å²) in [5.74, 6) is 0.835. The third kappa shape index (κ3) is 3.23. The Kier molecular flexibility index (Phi) is 5.01. The lowest BCUT2D eigenvalue weighted by Gasteiger charge is -2.32. The van der Waals surface area contributed by atoms with E-state index in [1.54, 1.807) is 7.11 Å². The minimum atomic E-state index is -0.0608. The SMILES string of the molecule is CCC1CCCCC1NC(=O)C1CC(OC)CN1. The van der Waals surface area contributed by atoms with Gasteiger partial charge in [0.1, 0.15) is 0 Å². The quantitative estimate of drug-likeness (QED) is 0.798. The maximum Gasteiger partial charge on any atom is 0.237 e. The second kappa shape index (κ2) is 6.53. The van der Waals surface area contributed by atoms with Crippen LogP contribution in [0.5, 0.6) is 0 Å². The molecule has 1 saturated heterocycles. The predicted octanol–water partition coefficient (Wildman–Crippen LogP) is 1.45. The van der Waals surface area contributed by atoms with Crippen molar-refractivity contribution in [1.82, 2.24) is 10.6 Å². The van der Waals surface area contributed by atoms with Crippen molar-refractivity contribution in [2.75, 3.05) is 13.7 Å². The normalized spacial score (nSPS) is 36.6. The highest BCUT2D eigenvalue weighted by Gasteiger charge is 2.32. The van der Waals surface area contributed by atoms with E-state index < -0.39 is 0 Å². The highest BCUT2D eigenvalue weighted by Crippen LogP contribution is 2.27. The molecule has 4 heteroatoms. The number of amides is 1. The van der Waals surface area contributed by atoms with Crippen molar-refractivity contribution in [2.24, 2.45) is 5.92 Å². The molecular weight excluding hydrogens is 228 g/mol. The van der Waals surface area contributed by atoms with Crippen molar-refractivity contribution in [3.8, 4) is 0 Å². The molecule has 1 aliphatic heterocycles. The first kappa shape index (κ1) is 13.8. The molecular formula is C14H26N2O2. The van der Waals surface area contributed by atoms with E-state index in [-0.39, 0.29) is 18.1 Å². The van der Waals surface area contributed by atoms with Gasteiger partial charge in [0.2, 0.25) is 5.91 Å². The standard InChI is InChI=1S/C14H26N2O2/c1-3-10-6-4-5-7-12(10)16-14(17)13-8-11(18-2)9-15-13/h10-13,15H,3-9H2,1-2H3,(H,16,17). The molecule has 1 saturated carbocycles. The summed E-state index contributed by atoms with van der Waals surface area (Å²) in [6.45, 7) is 3.01. The zero-order valence-corrected chi connectivity index (χ0v) is 11.6. The van der Waals surface area contributed by atoms with E-state index in [2.05, 4.69) is 17.6 Å². The van der Waals surface area contributed by atoms with Gasteiger partial charge >= 0.3 is 0 Å². The topological polar surface area (TPSA) is 50.4 Å². The molecule has 104 valence electrons.